The van der Waals surface area contributed by atoms with Crippen molar-refractivity contribution in [3.8, 4) is 5.69 Å². The van der Waals surface area contributed by atoms with Crippen molar-refractivity contribution in [1.29, 1.82) is 0 Å². The number of likely N-dealkylation sites (N-methyl/N-ethyl adjacent to an activating group) is 1. The fraction of sp³-hybridized carbons (Fsp3) is 0.292. The van der Waals surface area contributed by atoms with Crippen molar-refractivity contribution < 1.29 is 0 Å². The molecule has 0 N–H and O–H groups in total. The van der Waals surface area contributed by atoms with Gasteiger partial charge in [-0.3, -0.25) is 18.9 Å². The second-order valence-electron chi connectivity index (χ2n) is 8.56. The molecule has 150 valence electrons. The molecule has 6 rings (SSSR count). The van der Waals surface area contributed by atoms with E-state index in [4.69, 9.17) is 0 Å². The van der Waals surface area contributed by atoms with E-state index < -0.39 is 0 Å². The van der Waals surface area contributed by atoms with Crippen LogP contribution < -0.4 is 5.56 Å². The normalized spacial score (nSPS) is 21.5. The van der Waals surface area contributed by atoms with Gasteiger partial charge in [0, 0.05) is 30.7 Å². The molecule has 2 aromatic carbocycles. The molecule has 6 nitrogen and oxygen atoms in total. The summed E-state index contributed by atoms with van der Waals surface area (Å²) in [6.07, 6.45) is 9.56. The van der Waals surface area contributed by atoms with Gasteiger partial charge in [-0.15, -0.1) is 0 Å². The molecule has 1 saturated heterocycles. The number of aryl methyl sites for hydroxylation is 1. The van der Waals surface area contributed by atoms with E-state index in [1.54, 1.807) is 15.6 Å². The van der Waals surface area contributed by atoms with E-state index in [-0.39, 0.29) is 5.56 Å². The molecule has 4 aromatic rings. The number of benzene rings is 2. The zero-order chi connectivity index (χ0) is 20.4. The van der Waals surface area contributed by atoms with E-state index in [1.807, 2.05) is 37.5 Å². The maximum atomic E-state index is 13.2. The van der Waals surface area contributed by atoms with Crippen LogP contribution in [0.1, 0.15) is 24.8 Å². The SMILES string of the molecule is CN1C2C=C(c3ccc4c(=O)n(-c5ccc6nn(C)cc6c5)cnc4c3)CC1CC2. The van der Waals surface area contributed by atoms with Crippen molar-refractivity contribution in [2.24, 2.45) is 7.05 Å². The van der Waals surface area contributed by atoms with E-state index in [1.165, 1.54) is 24.0 Å². The molecule has 6 heteroatoms. The van der Waals surface area contributed by atoms with Crippen molar-refractivity contribution in [3.63, 3.8) is 0 Å². The lowest BCUT2D eigenvalue weighted by atomic mass is 9.94. The zero-order valence-corrected chi connectivity index (χ0v) is 17.1. The Labute approximate surface area is 174 Å². The van der Waals surface area contributed by atoms with Crippen LogP contribution in [0.5, 0.6) is 0 Å². The first-order chi connectivity index (χ1) is 14.6. The summed E-state index contributed by atoms with van der Waals surface area (Å²) in [5.41, 5.74) is 4.99. The summed E-state index contributed by atoms with van der Waals surface area (Å²) in [5, 5.41) is 6.04. The molecular formula is C24H23N5O. The Bertz CT molecular complexity index is 1400. The second-order valence-corrected chi connectivity index (χ2v) is 8.56. The molecule has 2 atom stereocenters. The Morgan fingerprint density at radius 3 is 2.80 bits per heavy atom. The standard InChI is InChI=1S/C24H23N5O/c1-27-13-17-11-20(6-8-22(17)26-27)29-14-25-23-12-15(3-7-21(23)24(29)30)16-9-18-4-5-19(10-16)28(18)2/h3,6-9,11-14,18-19H,4-5,10H2,1-2H3. The van der Waals surface area contributed by atoms with Crippen molar-refractivity contribution in [1.82, 2.24) is 24.2 Å². The van der Waals surface area contributed by atoms with Gasteiger partial charge >= 0.3 is 0 Å². The predicted octanol–water partition coefficient (Wildman–Crippen LogP) is 3.52. The lowest BCUT2D eigenvalue weighted by molar-refractivity contribution is 0.264. The Morgan fingerprint density at radius 2 is 1.93 bits per heavy atom. The topological polar surface area (TPSA) is 56.0 Å². The molecule has 2 unspecified atom stereocenters. The van der Waals surface area contributed by atoms with Crippen LogP contribution in [-0.2, 0) is 7.05 Å². The summed E-state index contributed by atoms with van der Waals surface area (Å²) in [4.78, 5) is 20.3. The third kappa shape index (κ3) is 2.64. The fourth-order valence-electron chi connectivity index (χ4n) is 5.05. The number of fused-ring (bicyclic) bond motifs is 4. The molecule has 0 saturated carbocycles. The Kier molecular flexibility index (Phi) is 3.74. The molecule has 2 bridgehead atoms. The van der Waals surface area contributed by atoms with E-state index in [0.717, 1.165) is 28.5 Å². The maximum Gasteiger partial charge on any atom is 0.265 e. The third-order valence-corrected chi connectivity index (χ3v) is 6.75. The van der Waals surface area contributed by atoms with Gasteiger partial charge in [0.25, 0.3) is 5.56 Å². The first-order valence-corrected chi connectivity index (χ1v) is 10.4. The van der Waals surface area contributed by atoms with E-state index in [9.17, 15) is 4.79 Å². The van der Waals surface area contributed by atoms with Crippen LogP contribution in [0.3, 0.4) is 0 Å². The van der Waals surface area contributed by atoms with Crippen molar-refractivity contribution >= 4 is 27.4 Å². The smallest absolute Gasteiger partial charge is 0.265 e. The molecule has 1 fully saturated rings. The maximum absolute atomic E-state index is 13.2. The lowest BCUT2D eigenvalue weighted by Gasteiger charge is -2.30. The van der Waals surface area contributed by atoms with Crippen molar-refractivity contribution in [3.05, 3.63) is 70.9 Å². The summed E-state index contributed by atoms with van der Waals surface area (Å²) in [6, 6.07) is 13.1. The fourth-order valence-corrected chi connectivity index (χ4v) is 5.05. The number of hydrogen-bond acceptors (Lipinski definition) is 4. The van der Waals surface area contributed by atoms with E-state index >= 15 is 0 Å². The highest BCUT2D eigenvalue weighted by Gasteiger charge is 2.33. The van der Waals surface area contributed by atoms with Gasteiger partial charge in [0.05, 0.1) is 22.1 Å². The lowest BCUT2D eigenvalue weighted by Crippen LogP contribution is -2.34. The van der Waals surface area contributed by atoms with Crippen molar-refractivity contribution in [2.75, 3.05) is 7.05 Å². The van der Waals surface area contributed by atoms with Crippen LogP contribution in [0.25, 0.3) is 33.1 Å². The van der Waals surface area contributed by atoms with E-state index in [2.05, 4.69) is 40.2 Å². The first kappa shape index (κ1) is 17.6. The molecular weight excluding hydrogens is 374 g/mol. The minimum Gasteiger partial charge on any atom is -0.297 e. The third-order valence-electron chi connectivity index (χ3n) is 6.75. The highest BCUT2D eigenvalue weighted by molar-refractivity contribution is 5.84. The summed E-state index contributed by atoms with van der Waals surface area (Å²) < 4.78 is 3.39. The molecule has 0 radical (unpaired) electrons. The van der Waals surface area contributed by atoms with Crippen LogP contribution in [0.15, 0.2) is 59.8 Å². The molecule has 2 aliphatic heterocycles. The first-order valence-electron chi connectivity index (χ1n) is 10.4. The monoisotopic (exact) mass is 397 g/mol. The van der Waals surface area contributed by atoms with Gasteiger partial charge in [-0.1, -0.05) is 12.1 Å². The Hall–Kier alpha value is -3.25. The largest absolute Gasteiger partial charge is 0.297 e. The Balaban J connectivity index is 1.42. The van der Waals surface area contributed by atoms with Crippen LogP contribution in [0.2, 0.25) is 0 Å². The molecule has 0 amide bonds. The van der Waals surface area contributed by atoms with Crippen LogP contribution in [0.4, 0.5) is 0 Å². The highest BCUT2D eigenvalue weighted by Crippen LogP contribution is 2.37. The zero-order valence-electron chi connectivity index (χ0n) is 17.1. The summed E-state index contributed by atoms with van der Waals surface area (Å²) in [6.45, 7) is 0. The molecule has 0 spiro atoms. The average Bonchev–Trinajstić information content (AvgIpc) is 3.19. The average molecular weight is 397 g/mol. The quantitative estimate of drug-likeness (QED) is 0.519. The van der Waals surface area contributed by atoms with Gasteiger partial charge in [0.1, 0.15) is 6.33 Å². The molecule has 4 heterocycles. The molecule has 30 heavy (non-hydrogen) atoms. The van der Waals surface area contributed by atoms with E-state index in [0.29, 0.717) is 17.5 Å². The van der Waals surface area contributed by atoms with Crippen LogP contribution in [-0.4, -0.2) is 43.4 Å². The van der Waals surface area contributed by atoms with Gasteiger partial charge in [0.15, 0.2) is 0 Å². The second kappa shape index (κ2) is 6.37. The minimum absolute atomic E-state index is 0.0489. The highest BCUT2D eigenvalue weighted by atomic mass is 16.1. The summed E-state index contributed by atoms with van der Waals surface area (Å²) in [7, 11) is 4.12. The Morgan fingerprint density at radius 1 is 1.03 bits per heavy atom. The summed E-state index contributed by atoms with van der Waals surface area (Å²) >= 11 is 0. The van der Waals surface area contributed by atoms with Crippen molar-refractivity contribution in [2.45, 2.75) is 31.3 Å². The number of aromatic nitrogens is 4. The molecule has 2 aromatic heterocycles. The van der Waals surface area contributed by atoms with Gasteiger partial charge < -0.3 is 0 Å². The predicted molar refractivity (Wildman–Crippen MR) is 119 cm³/mol. The number of nitrogens with zero attached hydrogens (tertiary/aromatic N) is 5. The van der Waals surface area contributed by atoms with Gasteiger partial charge in [-0.25, -0.2) is 4.98 Å². The minimum atomic E-state index is -0.0489. The molecule has 0 aliphatic carbocycles. The number of rotatable bonds is 2. The van der Waals surface area contributed by atoms with Gasteiger partial charge in [-0.05, 0) is 67.8 Å². The van der Waals surface area contributed by atoms with Crippen LogP contribution >= 0.6 is 0 Å². The molecule has 2 aliphatic rings. The summed E-state index contributed by atoms with van der Waals surface area (Å²) in [5.74, 6) is 0. The van der Waals surface area contributed by atoms with Gasteiger partial charge in [-0.2, -0.15) is 5.10 Å². The van der Waals surface area contributed by atoms with Crippen LogP contribution in [0, 0.1) is 0 Å². The number of hydrogen-bond donors (Lipinski definition) is 0. The van der Waals surface area contributed by atoms with Gasteiger partial charge in [0.2, 0.25) is 0 Å².